The summed E-state index contributed by atoms with van der Waals surface area (Å²) >= 11 is 5.86. The van der Waals surface area contributed by atoms with Gasteiger partial charge in [-0.15, -0.1) is 0 Å². The Morgan fingerprint density at radius 3 is 2.29 bits per heavy atom. The molecule has 2 aromatic carbocycles. The monoisotopic (exact) mass is 346 g/mol. The average molecular weight is 347 g/mol. The number of hydrogen-bond donors (Lipinski definition) is 2. The number of halogens is 1. The second kappa shape index (κ2) is 9.30. The lowest BCUT2D eigenvalue weighted by molar-refractivity contribution is -0.123. The highest BCUT2D eigenvalue weighted by molar-refractivity contribution is 6.30. The largest absolute Gasteiger partial charge is 0.489 e. The van der Waals surface area contributed by atoms with E-state index >= 15 is 0 Å². The highest BCUT2D eigenvalue weighted by Gasteiger charge is 2.12. The van der Waals surface area contributed by atoms with Gasteiger partial charge in [0.05, 0.1) is 6.04 Å². The van der Waals surface area contributed by atoms with Gasteiger partial charge in [-0.1, -0.05) is 42.8 Å². The molecule has 0 spiro atoms. The molecule has 0 saturated carbocycles. The molecule has 0 bridgehead atoms. The standard InChI is InChI=1S/C19H23ClN2O2/c1-3-18(21-2)19(23)22-12-14-6-10-17(11-7-14)24-13-15-4-8-16(20)9-5-15/h4-11,18,21H,3,12-13H2,1-2H3,(H,22,23)/t18-/m0/s1. The molecule has 0 unspecified atom stereocenters. The van der Waals surface area contributed by atoms with Crippen molar-refractivity contribution in [3.05, 3.63) is 64.7 Å². The molecule has 0 aliphatic carbocycles. The summed E-state index contributed by atoms with van der Waals surface area (Å²) in [4.78, 5) is 11.9. The lowest BCUT2D eigenvalue weighted by atomic mass is 10.2. The lowest BCUT2D eigenvalue weighted by Gasteiger charge is -2.14. The Morgan fingerprint density at radius 2 is 1.71 bits per heavy atom. The summed E-state index contributed by atoms with van der Waals surface area (Å²) in [6.07, 6.45) is 0.764. The van der Waals surface area contributed by atoms with E-state index in [2.05, 4.69) is 10.6 Å². The Morgan fingerprint density at radius 1 is 1.08 bits per heavy atom. The van der Waals surface area contributed by atoms with E-state index in [4.69, 9.17) is 16.3 Å². The number of rotatable bonds is 8. The molecule has 1 atom stereocenters. The van der Waals surface area contributed by atoms with Crippen LogP contribution in [0.3, 0.4) is 0 Å². The van der Waals surface area contributed by atoms with E-state index in [0.717, 1.165) is 23.3 Å². The van der Waals surface area contributed by atoms with Gasteiger partial charge in [-0.2, -0.15) is 0 Å². The Hall–Kier alpha value is -2.04. The van der Waals surface area contributed by atoms with Gasteiger partial charge in [0.1, 0.15) is 12.4 Å². The van der Waals surface area contributed by atoms with Crippen molar-refractivity contribution in [2.75, 3.05) is 7.05 Å². The summed E-state index contributed by atoms with van der Waals surface area (Å²) in [6, 6.07) is 15.2. The van der Waals surface area contributed by atoms with Crippen LogP contribution < -0.4 is 15.4 Å². The van der Waals surface area contributed by atoms with Crippen molar-refractivity contribution in [1.82, 2.24) is 10.6 Å². The number of nitrogens with one attached hydrogen (secondary N) is 2. The van der Waals surface area contributed by atoms with Gasteiger partial charge >= 0.3 is 0 Å². The minimum Gasteiger partial charge on any atom is -0.489 e. The molecule has 4 nitrogen and oxygen atoms in total. The molecule has 0 aromatic heterocycles. The van der Waals surface area contributed by atoms with Crippen LogP contribution in [0.25, 0.3) is 0 Å². The fourth-order valence-electron chi connectivity index (χ4n) is 2.28. The second-order valence-corrected chi connectivity index (χ2v) is 5.96. The molecule has 0 fully saturated rings. The van der Waals surface area contributed by atoms with Gasteiger partial charge in [0.15, 0.2) is 0 Å². The number of benzene rings is 2. The van der Waals surface area contributed by atoms with Gasteiger partial charge in [-0.25, -0.2) is 0 Å². The minimum atomic E-state index is -0.146. The van der Waals surface area contributed by atoms with Gasteiger partial charge in [-0.3, -0.25) is 4.79 Å². The van der Waals surface area contributed by atoms with E-state index in [-0.39, 0.29) is 11.9 Å². The van der Waals surface area contributed by atoms with Crippen LogP contribution >= 0.6 is 11.6 Å². The third-order valence-corrected chi connectivity index (χ3v) is 4.03. The summed E-state index contributed by atoms with van der Waals surface area (Å²) in [5, 5.41) is 6.64. The molecule has 1 amide bonds. The van der Waals surface area contributed by atoms with Crippen molar-refractivity contribution < 1.29 is 9.53 Å². The number of ether oxygens (including phenoxy) is 1. The molecule has 0 radical (unpaired) electrons. The van der Waals surface area contributed by atoms with Crippen molar-refractivity contribution in [2.45, 2.75) is 32.5 Å². The molecular formula is C19H23ClN2O2. The van der Waals surface area contributed by atoms with E-state index in [0.29, 0.717) is 18.2 Å². The van der Waals surface area contributed by atoms with E-state index in [1.165, 1.54) is 0 Å². The zero-order valence-corrected chi connectivity index (χ0v) is 14.8. The second-order valence-electron chi connectivity index (χ2n) is 5.53. The van der Waals surface area contributed by atoms with Crippen molar-refractivity contribution >= 4 is 17.5 Å². The van der Waals surface area contributed by atoms with E-state index in [1.807, 2.05) is 55.5 Å². The predicted molar refractivity (Wildman–Crippen MR) is 97.2 cm³/mol. The first-order valence-electron chi connectivity index (χ1n) is 8.03. The Labute approximate surface area is 148 Å². The highest BCUT2D eigenvalue weighted by atomic mass is 35.5. The van der Waals surface area contributed by atoms with Gasteiger partial charge in [0, 0.05) is 11.6 Å². The molecule has 2 aromatic rings. The molecule has 0 aliphatic rings. The topological polar surface area (TPSA) is 50.4 Å². The molecular weight excluding hydrogens is 324 g/mol. The normalized spacial score (nSPS) is 11.8. The van der Waals surface area contributed by atoms with E-state index < -0.39 is 0 Å². The van der Waals surface area contributed by atoms with Crippen LogP contribution in [0.15, 0.2) is 48.5 Å². The fraction of sp³-hybridized carbons (Fsp3) is 0.316. The third-order valence-electron chi connectivity index (χ3n) is 3.78. The number of hydrogen-bond acceptors (Lipinski definition) is 3. The first-order valence-corrected chi connectivity index (χ1v) is 8.41. The summed E-state index contributed by atoms with van der Waals surface area (Å²) in [5.74, 6) is 0.810. The quantitative estimate of drug-likeness (QED) is 0.768. The summed E-state index contributed by atoms with van der Waals surface area (Å²) in [5.41, 5.74) is 2.10. The highest BCUT2D eigenvalue weighted by Crippen LogP contribution is 2.15. The third kappa shape index (κ3) is 5.55. The Balaban J connectivity index is 1.82. The van der Waals surface area contributed by atoms with Crippen LogP contribution in [0.4, 0.5) is 0 Å². The zero-order valence-electron chi connectivity index (χ0n) is 14.0. The first kappa shape index (κ1) is 18.3. The molecule has 0 heterocycles. The Kier molecular flexibility index (Phi) is 7.09. The molecule has 128 valence electrons. The summed E-state index contributed by atoms with van der Waals surface area (Å²) in [6.45, 7) is 2.98. The number of amides is 1. The maximum Gasteiger partial charge on any atom is 0.237 e. The molecule has 24 heavy (non-hydrogen) atoms. The molecule has 0 saturated heterocycles. The summed E-state index contributed by atoms with van der Waals surface area (Å²) < 4.78 is 5.75. The van der Waals surface area contributed by atoms with Crippen LogP contribution in [0.5, 0.6) is 5.75 Å². The Bertz CT molecular complexity index is 637. The van der Waals surface area contributed by atoms with Crippen LogP contribution in [-0.4, -0.2) is 19.0 Å². The van der Waals surface area contributed by atoms with Crippen molar-refractivity contribution in [3.63, 3.8) is 0 Å². The van der Waals surface area contributed by atoms with Crippen LogP contribution in [0.2, 0.25) is 5.02 Å². The number of likely N-dealkylation sites (N-methyl/N-ethyl adjacent to an activating group) is 1. The first-order chi connectivity index (χ1) is 11.6. The fourth-order valence-corrected chi connectivity index (χ4v) is 2.41. The SMILES string of the molecule is CC[C@H](NC)C(=O)NCc1ccc(OCc2ccc(Cl)cc2)cc1. The van der Waals surface area contributed by atoms with Crippen molar-refractivity contribution in [2.24, 2.45) is 0 Å². The van der Waals surface area contributed by atoms with Crippen molar-refractivity contribution in [3.8, 4) is 5.75 Å². The van der Waals surface area contributed by atoms with Gasteiger partial charge < -0.3 is 15.4 Å². The van der Waals surface area contributed by atoms with Gasteiger partial charge in [0.25, 0.3) is 0 Å². The van der Waals surface area contributed by atoms with E-state index in [9.17, 15) is 4.79 Å². The molecule has 5 heteroatoms. The van der Waals surface area contributed by atoms with Gasteiger partial charge in [0.2, 0.25) is 5.91 Å². The maximum atomic E-state index is 11.9. The summed E-state index contributed by atoms with van der Waals surface area (Å²) in [7, 11) is 1.79. The van der Waals surface area contributed by atoms with Crippen LogP contribution in [0, 0.1) is 0 Å². The lowest BCUT2D eigenvalue weighted by Crippen LogP contribution is -2.41. The van der Waals surface area contributed by atoms with Crippen LogP contribution in [0.1, 0.15) is 24.5 Å². The van der Waals surface area contributed by atoms with Gasteiger partial charge in [-0.05, 0) is 48.9 Å². The predicted octanol–water partition coefficient (Wildman–Crippen LogP) is 3.53. The van der Waals surface area contributed by atoms with E-state index in [1.54, 1.807) is 7.05 Å². The average Bonchev–Trinajstić information content (AvgIpc) is 2.61. The molecule has 0 aliphatic heterocycles. The number of carbonyl (C=O) groups excluding carboxylic acids is 1. The zero-order chi connectivity index (χ0) is 17.4. The molecule has 2 rings (SSSR count). The minimum absolute atomic E-state index is 0.0167. The molecule has 2 N–H and O–H groups in total. The smallest absolute Gasteiger partial charge is 0.237 e. The van der Waals surface area contributed by atoms with Crippen molar-refractivity contribution in [1.29, 1.82) is 0 Å². The van der Waals surface area contributed by atoms with Crippen LogP contribution in [-0.2, 0) is 17.9 Å². The number of carbonyl (C=O) groups is 1. The maximum absolute atomic E-state index is 11.9.